The van der Waals surface area contributed by atoms with E-state index in [2.05, 4.69) is 87.3 Å². The number of piperazine rings is 1. The van der Waals surface area contributed by atoms with Gasteiger partial charge in [-0.05, 0) is 44.0 Å². The maximum absolute atomic E-state index is 4.75. The summed E-state index contributed by atoms with van der Waals surface area (Å²) in [4.78, 5) is 28.5. The summed E-state index contributed by atoms with van der Waals surface area (Å²) in [6, 6.07) is 8.52. The standard InChI is InChI=1S/C27H33N9S/c1-5-23-31-25(33-26(32-23)36-12-10-35(11-13-36)21-6-8-28-9-7-21)34-27-30-17-22(37-27)16-29-24-19(3)14-18(2)15-20(24)4/h6-9,14-15,17,29H,5,10-13,16H2,1-4H3,(H,30,31,32,33,34). The Hall–Kier alpha value is -3.79. The first kappa shape index (κ1) is 24.9. The summed E-state index contributed by atoms with van der Waals surface area (Å²) in [5.74, 6) is 2.03. The molecule has 0 radical (unpaired) electrons. The van der Waals surface area contributed by atoms with Gasteiger partial charge in [-0.1, -0.05) is 36.0 Å². The summed E-state index contributed by atoms with van der Waals surface area (Å²) in [5.41, 5.74) is 6.18. The molecule has 2 N–H and O–H groups in total. The van der Waals surface area contributed by atoms with Crippen LogP contribution in [-0.4, -0.2) is 51.1 Å². The third-order valence-electron chi connectivity index (χ3n) is 6.47. The van der Waals surface area contributed by atoms with Crippen LogP contribution in [0.25, 0.3) is 0 Å². The topological polar surface area (TPSA) is 95.0 Å². The van der Waals surface area contributed by atoms with Gasteiger partial charge in [-0.3, -0.25) is 10.3 Å². The van der Waals surface area contributed by atoms with Crippen molar-refractivity contribution >= 4 is 39.7 Å². The van der Waals surface area contributed by atoms with Crippen molar-refractivity contribution in [1.29, 1.82) is 0 Å². The number of benzene rings is 1. The molecule has 3 aromatic heterocycles. The lowest BCUT2D eigenvalue weighted by Crippen LogP contribution is -2.47. The molecule has 0 aliphatic carbocycles. The Morgan fingerprint density at radius 1 is 0.919 bits per heavy atom. The van der Waals surface area contributed by atoms with Gasteiger partial charge in [0.25, 0.3) is 0 Å². The highest BCUT2D eigenvalue weighted by molar-refractivity contribution is 7.15. The highest BCUT2D eigenvalue weighted by Crippen LogP contribution is 2.26. The third kappa shape index (κ3) is 5.96. The van der Waals surface area contributed by atoms with Crippen LogP contribution in [0.3, 0.4) is 0 Å². The summed E-state index contributed by atoms with van der Waals surface area (Å²) in [7, 11) is 0. The Labute approximate surface area is 222 Å². The van der Waals surface area contributed by atoms with Crippen molar-refractivity contribution in [3.05, 3.63) is 70.2 Å². The van der Waals surface area contributed by atoms with Crippen molar-refractivity contribution in [3.63, 3.8) is 0 Å². The number of hydrogen-bond donors (Lipinski definition) is 2. The van der Waals surface area contributed by atoms with Crippen LogP contribution < -0.4 is 20.4 Å². The van der Waals surface area contributed by atoms with Gasteiger partial charge in [-0.15, -0.1) is 0 Å². The number of thiazole rings is 1. The molecule has 1 saturated heterocycles. The number of pyridine rings is 1. The minimum atomic E-state index is 0.539. The lowest BCUT2D eigenvalue weighted by atomic mass is 10.1. The molecule has 192 valence electrons. The number of anilines is 5. The molecule has 1 aliphatic heterocycles. The summed E-state index contributed by atoms with van der Waals surface area (Å²) < 4.78 is 0. The third-order valence-corrected chi connectivity index (χ3v) is 7.38. The van der Waals surface area contributed by atoms with E-state index in [-0.39, 0.29) is 0 Å². The summed E-state index contributed by atoms with van der Waals surface area (Å²) in [6.07, 6.45) is 6.32. The van der Waals surface area contributed by atoms with Crippen LogP contribution in [0.5, 0.6) is 0 Å². The predicted molar refractivity (Wildman–Crippen MR) is 151 cm³/mol. The molecule has 1 aliphatic rings. The second-order valence-electron chi connectivity index (χ2n) is 9.29. The van der Waals surface area contributed by atoms with Crippen LogP contribution in [0.4, 0.5) is 28.4 Å². The molecule has 4 aromatic rings. The molecular formula is C27H33N9S. The van der Waals surface area contributed by atoms with Crippen molar-refractivity contribution in [1.82, 2.24) is 24.9 Å². The molecule has 37 heavy (non-hydrogen) atoms. The molecule has 5 rings (SSSR count). The Morgan fingerprint density at radius 3 is 2.32 bits per heavy atom. The molecule has 1 fully saturated rings. The maximum Gasteiger partial charge on any atom is 0.234 e. The number of aromatic nitrogens is 5. The van der Waals surface area contributed by atoms with E-state index in [1.165, 1.54) is 28.1 Å². The number of rotatable bonds is 8. The van der Waals surface area contributed by atoms with Gasteiger partial charge >= 0.3 is 0 Å². The number of nitrogens with one attached hydrogen (secondary N) is 2. The first-order valence-electron chi connectivity index (χ1n) is 12.7. The Bertz CT molecular complexity index is 1320. The molecule has 9 nitrogen and oxygen atoms in total. The van der Waals surface area contributed by atoms with Crippen LogP contribution in [0.2, 0.25) is 0 Å². The molecule has 0 bridgehead atoms. The van der Waals surface area contributed by atoms with Crippen LogP contribution in [0, 0.1) is 20.8 Å². The Morgan fingerprint density at radius 2 is 1.62 bits per heavy atom. The molecular weight excluding hydrogens is 482 g/mol. The second kappa shape index (κ2) is 11.1. The quantitative estimate of drug-likeness (QED) is 0.340. The van der Waals surface area contributed by atoms with Gasteiger partial charge in [0, 0.05) is 67.4 Å². The maximum atomic E-state index is 4.75. The average Bonchev–Trinajstić information content (AvgIpc) is 3.35. The smallest absolute Gasteiger partial charge is 0.234 e. The van der Waals surface area contributed by atoms with Crippen molar-refractivity contribution in [2.24, 2.45) is 0 Å². The van der Waals surface area contributed by atoms with E-state index in [1.807, 2.05) is 18.6 Å². The van der Waals surface area contributed by atoms with E-state index in [1.54, 1.807) is 11.3 Å². The van der Waals surface area contributed by atoms with Gasteiger partial charge in [-0.2, -0.15) is 15.0 Å². The van der Waals surface area contributed by atoms with Gasteiger partial charge < -0.3 is 15.1 Å². The molecule has 0 unspecified atom stereocenters. The van der Waals surface area contributed by atoms with E-state index in [0.717, 1.165) is 48.4 Å². The van der Waals surface area contributed by atoms with Crippen LogP contribution >= 0.6 is 11.3 Å². The zero-order valence-corrected chi connectivity index (χ0v) is 22.6. The first-order chi connectivity index (χ1) is 18.0. The average molecular weight is 516 g/mol. The lowest BCUT2D eigenvalue weighted by molar-refractivity contribution is 0.636. The molecule has 0 spiro atoms. The molecule has 10 heteroatoms. The Kier molecular flexibility index (Phi) is 7.45. The van der Waals surface area contributed by atoms with Crippen molar-refractivity contribution in [3.8, 4) is 0 Å². The predicted octanol–water partition coefficient (Wildman–Crippen LogP) is 4.89. The minimum Gasteiger partial charge on any atom is -0.380 e. The van der Waals surface area contributed by atoms with E-state index >= 15 is 0 Å². The lowest BCUT2D eigenvalue weighted by Gasteiger charge is -2.36. The fourth-order valence-electron chi connectivity index (χ4n) is 4.66. The molecule has 0 saturated carbocycles. The van der Waals surface area contributed by atoms with Crippen molar-refractivity contribution in [2.45, 2.75) is 40.7 Å². The SMILES string of the molecule is CCc1nc(Nc2ncc(CNc3c(C)cc(C)cc3C)s2)nc(N2CCN(c3ccncc3)CC2)n1. The highest BCUT2D eigenvalue weighted by Gasteiger charge is 2.21. The molecule has 0 atom stereocenters. The normalized spacial score (nSPS) is 13.6. The van der Waals surface area contributed by atoms with Crippen LogP contribution in [0.1, 0.15) is 34.3 Å². The number of aryl methyl sites for hydroxylation is 4. The summed E-state index contributed by atoms with van der Waals surface area (Å²) >= 11 is 1.60. The van der Waals surface area contributed by atoms with Crippen LogP contribution in [-0.2, 0) is 13.0 Å². The van der Waals surface area contributed by atoms with Crippen molar-refractivity contribution in [2.75, 3.05) is 46.6 Å². The number of hydrogen-bond acceptors (Lipinski definition) is 10. The van der Waals surface area contributed by atoms with Gasteiger partial charge in [0.15, 0.2) is 5.13 Å². The van der Waals surface area contributed by atoms with Gasteiger partial charge in [0.2, 0.25) is 11.9 Å². The fourth-order valence-corrected chi connectivity index (χ4v) is 5.41. The van der Waals surface area contributed by atoms with Crippen LogP contribution in [0.15, 0.2) is 42.9 Å². The van der Waals surface area contributed by atoms with Crippen molar-refractivity contribution < 1.29 is 0 Å². The second-order valence-corrected chi connectivity index (χ2v) is 10.4. The zero-order valence-electron chi connectivity index (χ0n) is 21.8. The van der Waals surface area contributed by atoms with E-state index < -0.39 is 0 Å². The van der Waals surface area contributed by atoms with E-state index in [0.29, 0.717) is 18.4 Å². The summed E-state index contributed by atoms with van der Waals surface area (Å²) in [6.45, 7) is 12.7. The highest BCUT2D eigenvalue weighted by atomic mass is 32.1. The number of nitrogens with zero attached hydrogens (tertiary/aromatic N) is 7. The Balaban J connectivity index is 1.24. The molecule has 0 amide bonds. The molecule has 1 aromatic carbocycles. The zero-order chi connectivity index (χ0) is 25.8. The van der Waals surface area contributed by atoms with Gasteiger partial charge in [0.1, 0.15) is 5.82 Å². The molecule has 4 heterocycles. The monoisotopic (exact) mass is 515 g/mol. The summed E-state index contributed by atoms with van der Waals surface area (Å²) in [5, 5.41) is 7.66. The van der Waals surface area contributed by atoms with E-state index in [4.69, 9.17) is 9.97 Å². The largest absolute Gasteiger partial charge is 0.380 e. The first-order valence-corrected chi connectivity index (χ1v) is 13.5. The van der Waals surface area contributed by atoms with E-state index in [9.17, 15) is 0 Å². The fraction of sp³-hybridized carbons (Fsp3) is 0.370. The van der Waals surface area contributed by atoms with Gasteiger partial charge in [-0.25, -0.2) is 4.98 Å². The minimum absolute atomic E-state index is 0.539. The van der Waals surface area contributed by atoms with Gasteiger partial charge in [0.05, 0.1) is 6.54 Å².